The molecule has 0 aliphatic carbocycles. The number of nitrogens with zero attached hydrogens (tertiary/aromatic N) is 1. The van der Waals surface area contributed by atoms with E-state index in [1.165, 1.54) is 10.4 Å². The van der Waals surface area contributed by atoms with Crippen LogP contribution in [-0.2, 0) is 16.1 Å². The predicted octanol–water partition coefficient (Wildman–Crippen LogP) is 1.38. The number of methoxy groups -OCH3 is 1. The highest BCUT2D eigenvalue weighted by molar-refractivity contribution is 7.10. The number of carbonyl (C=O) groups excluding carboxylic acids is 1. The number of hydrogen-bond acceptors (Lipinski definition) is 4. The average molecular weight is 256 g/mol. The SMILES string of the molecule is COC(CN)CC(=O)N(C)Cc1sccc1C. The summed E-state index contributed by atoms with van der Waals surface area (Å²) < 4.78 is 5.11. The molecule has 1 unspecified atom stereocenters. The number of thiophene rings is 1. The average Bonchev–Trinajstić information content (AvgIpc) is 2.71. The van der Waals surface area contributed by atoms with Crippen LogP contribution in [-0.4, -0.2) is 37.6 Å². The molecule has 0 aliphatic heterocycles. The maximum absolute atomic E-state index is 11.9. The Labute approximate surface area is 106 Å². The lowest BCUT2D eigenvalue weighted by atomic mass is 10.2. The number of nitrogens with two attached hydrogens (primary N) is 1. The smallest absolute Gasteiger partial charge is 0.225 e. The van der Waals surface area contributed by atoms with Gasteiger partial charge in [-0.2, -0.15) is 0 Å². The first-order chi connectivity index (χ1) is 8.08. The molecule has 0 aromatic carbocycles. The maximum Gasteiger partial charge on any atom is 0.225 e. The molecule has 4 nitrogen and oxygen atoms in total. The molecule has 1 heterocycles. The number of aryl methyl sites for hydroxylation is 1. The Hall–Kier alpha value is -0.910. The monoisotopic (exact) mass is 256 g/mol. The van der Waals surface area contributed by atoms with Crippen LogP contribution in [0.3, 0.4) is 0 Å². The zero-order valence-corrected chi connectivity index (χ0v) is 11.4. The zero-order valence-electron chi connectivity index (χ0n) is 10.6. The second-order valence-corrected chi connectivity index (χ2v) is 5.07. The van der Waals surface area contributed by atoms with Crippen molar-refractivity contribution in [3.8, 4) is 0 Å². The van der Waals surface area contributed by atoms with E-state index in [1.54, 1.807) is 23.3 Å². The molecule has 0 spiro atoms. The van der Waals surface area contributed by atoms with Gasteiger partial charge in [-0.3, -0.25) is 4.79 Å². The normalized spacial score (nSPS) is 12.5. The summed E-state index contributed by atoms with van der Waals surface area (Å²) in [6, 6.07) is 2.07. The number of ether oxygens (including phenoxy) is 1. The zero-order chi connectivity index (χ0) is 12.8. The number of carbonyl (C=O) groups is 1. The third-order valence-corrected chi connectivity index (χ3v) is 3.78. The molecule has 1 amide bonds. The minimum atomic E-state index is -0.186. The molecular formula is C12H20N2O2S. The molecular weight excluding hydrogens is 236 g/mol. The van der Waals surface area contributed by atoms with Gasteiger partial charge in [0.05, 0.1) is 19.1 Å². The van der Waals surface area contributed by atoms with Gasteiger partial charge in [0.15, 0.2) is 0 Å². The Morgan fingerprint density at radius 2 is 2.35 bits per heavy atom. The topological polar surface area (TPSA) is 55.6 Å². The van der Waals surface area contributed by atoms with Crippen molar-refractivity contribution in [1.29, 1.82) is 0 Å². The van der Waals surface area contributed by atoms with E-state index in [4.69, 9.17) is 10.5 Å². The first kappa shape index (κ1) is 14.2. The molecule has 0 aliphatic rings. The van der Waals surface area contributed by atoms with Crippen LogP contribution in [0.1, 0.15) is 16.9 Å². The molecule has 5 heteroatoms. The first-order valence-electron chi connectivity index (χ1n) is 5.58. The number of rotatable bonds is 6. The molecule has 0 radical (unpaired) electrons. The summed E-state index contributed by atoms with van der Waals surface area (Å²) in [5.41, 5.74) is 6.73. The van der Waals surface area contributed by atoms with Gasteiger partial charge in [-0.1, -0.05) is 0 Å². The van der Waals surface area contributed by atoms with Crippen LogP contribution in [0, 0.1) is 6.92 Å². The van der Waals surface area contributed by atoms with Gasteiger partial charge >= 0.3 is 0 Å². The molecule has 0 fully saturated rings. The van der Waals surface area contributed by atoms with Crippen LogP contribution in [0.5, 0.6) is 0 Å². The summed E-state index contributed by atoms with van der Waals surface area (Å²) in [6.07, 6.45) is 0.155. The summed E-state index contributed by atoms with van der Waals surface area (Å²) in [4.78, 5) is 14.9. The fourth-order valence-electron chi connectivity index (χ4n) is 1.48. The van der Waals surface area contributed by atoms with E-state index in [1.807, 2.05) is 12.4 Å². The van der Waals surface area contributed by atoms with E-state index in [9.17, 15) is 4.79 Å². The van der Waals surface area contributed by atoms with Crippen LogP contribution in [0.2, 0.25) is 0 Å². The Bertz CT molecular complexity index is 361. The van der Waals surface area contributed by atoms with E-state index in [0.29, 0.717) is 19.5 Å². The minimum absolute atomic E-state index is 0.0649. The van der Waals surface area contributed by atoms with Crippen LogP contribution >= 0.6 is 11.3 Å². The molecule has 1 rings (SSSR count). The molecule has 0 bridgehead atoms. The summed E-state index contributed by atoms with van der Waals surface area (Å²) >= 11 is 1.68. The van der Waals surface area contributed by atoms with Gasteiger partial charge in [0.25, 0.3) is 0 Å². The van der Waals surface area contributed by atoms with Gasteiger partial charge in [-0.15, -0.1) is 11.3 Å². The van der Waals surface area contributed by atoms with Crippen molar-refractivity contribution in [2.45, 2.75) is 26.0 Å². The summed E-state index contributed by atoms with van der Waals surface area (Å²) in [7, 11) is 3.39. The first-order valence-corrected chi connectivity index (χ1v) is 6.46. The Morgan fingerprint density at radius 3 is 2.82 bits per heavy atom. The van der Waals surface area contributed by atoms with Crippen LogP contribution in [0.4, 0.5) is 0 Å². The van der Waals surface area contributed by atoms with Crippen molar-refractivity contribution < 1.29 is 9.53 Å². The third-order valence-electron chi connectivity index (χ3n) is 2.77. The fraction of sp³-hybridized carbons (Fsp3) is 0.583. The van der Waals surface area contributed by atoms with E-state index >= 15 is 0 Å². The van der Waals surface area contributed by atoms with E-state index in [2.05, 4.69) is 13.0 Å². The maximum atomic E-state index is 11.9. The van der Waals surface area contributed by atoms with Crippen LogP contribution in [0.15, 0.2) is 11.4 Å². The fourth-order valence-corrected chi connectivity index (χ4v) is 2.44. The molecule has 1 aromatic rings. The lowest BCUT2D eigenvalue weighted by molar-refractivity contribution is -0.132. The summed E-state index contributed by atoms with van der Waals surface area (Å²) in [5.74, 6) is 0.0649. The predicted molar refractivity (Wildman–Crippen MR) is 70.0 cm³/mol. The van der Waals surface area contributed by atoms with Gasteiger partial charge in [0.1, 0.15) is 0 Å². The van der Waals surface area contributed by atoms with Crippen LogP contribution in [0.25, 0.3) is 0 Å². The molecule has 0 saturated carbocycles. The van der Waals surface area contributed by atoms with Gasteiger partial charge in [0.2, 0.25) is 5.91 Å². The Morgan fingerprint density at radius 1 is 1.65 bits per heavy atom. The Kier molecular flexibility index (Phi) is 5.61. The van der Waals surface area contributed by atoms with Gasteiger partial charge in [-0.05, 0) is 23.9 Å². The molecule has 1 aromatic heterocycles. The third kappa shape index (κ3) is 4.11. The van der Waals surface area contributed by atoms with Gasteiger partial charge < -0.3 is 15.4 Å². The van der Waals surface area contributed by atoms with Crippen LogP contribution < -0.4 is 5.73 Å². The lowest BCUT2D eigenvalue weighted by Crippen LogP contribution is -2.33. The summed E-state index contributed by atoms with van der Waals surface area (Å²) in [6.45, 7) is 3.08. The molecule has 2 N–H and O–H groups in total. The number of hydrogen-bond donors (Lipinski definition) is 1. The molecule has 0 saturated heterocycles. The molecule has 17 heavy (non-hydrogen) atoms. The second-order valence-electron chi connectivity index (χ2n) is 4.07. The highest BCUT2D eigenvalue weighted by Crippen LogP contribution is 2.17. The molecule has 96 valence electrons. The molecule has 1 atom stereocenters. The minimum Gasteiger partial charge on any atom is -0.380 e. The summed E-state index contributed by atoms with van der Waals surface area (Å²) in [5, 5.41) is 2.04. The lowest BCUT2D eigenvalue weighted by Gasteiger charge is -2.20. The van der Waals surface area contributed by atoms with E-state index < -0.39 is 0 Å². The van der Waals surface area contributed by atoms with Crippen molar-refractivity contribution in [3.05, 3.63) is 21.9 Å². The number of amides is 1. The van der Waals surface area contributed by atoms with Gasteiger partial charge in [-0.25, -0.2) is 0 Å². The highest BCUT2D eigenvalue weighted by atomic mass is 32.1. The van der Waals surface area contributed by atoms with E-state index in [0.717, 1.165) is 0 Å². The van der Waals surface area contributed by atoms with Crippen molar-refractivity contribution in [1.82, 2.24) is 4.90 Å². The van der Waals surface area contributed by atoms with E-state index in [-0.39, 0.29) is 12.0 Å². The largest absolute Gasteiger partial charge is 0.380 e. The van der Waals surface area contributed by atoms with Gasteiger partial charge in [0, 0.05) is 25.6 Å². The van der Waals surface area contributed by atoms with Crippen molar-refractivity contribution in [3.63, 3.8) is 0 Å². The Balaban J connectivity index is 2.50. The quantitative estimate of drug-likeness (QED) is 0.836. The van der Waals surface area contributed by atoms with Crippen molar-refractivity contribution in [2.24, 2.45) is 5.73 Å². The van der Waals surface area contributed by atoms with Crippen molar-refractivity contribution in [2.75, 3.05) is 20.7 Å². The highest BCUT2D eigenvalue weighted by Gasteiger charge is 2.16. The van der Waals surface area contributed by atoms with Crippen molar-refractivity contribution >= 4 is 17.2 Å². The second kappa shape index (κ2) is 6.74. The standard InChI is InChI=1S/C12H20N2O2S/c1-9-4-5-17-11(9)8-14(2)12(15)6-10(7-13)16-3/h4-5,10H,6-8,13H2,1-3H3.